The Labute approximate surface area is 148 Å². The van der Waals surface area contributed by atoms with Crippen LogP contribution < -0.4 is 5.32 Å². The minimum absolute atomic E-state index is 0.0700. The van der Waals surface area contributed by atoms with Crippen molar-refractivity contribution in [2.45, 2.75) is 32.7 Å². The lowest BCUT2D eigenvalue weighted by Gasteiger charge is -2.37. The van der Waals surface area contributed by atoms with Gasteiger partial charge in [0.1, 0.15) is 0 Å². The van der Waals surface area contributed by atoms with Gasteiger partial charge in [0.15, 0.2) is 5.82 Å². The Balaban J connectivity index is 1.63. The monoisotopic (exact) mass is 342 g/mol. The van der Waals surface area contributed by atoms with Crippen LogP contribution in [0.1, 0.15) is 26.7 Å². The predicted octanol–water partition coefficient (Wildman–Crippen LogP) is 2.61. The molecule has 3 rings (SSSR count). The van der Waals surface area contributed by atoms with Crippen LogP contribution in [0.3, 0.4) is 0 Å². The molecule has 1 N–H and O–H groups in total. The molecule has 0 unspecified atom stereocenters. The second-order valence-electron chi connectivity index (χ2n) is 6.19. The molecule has 1 aliphatic heterocycles. The molecule has 25 heavy (non-hydrogen) atoms. The highest BCUT2D eigenvalue weighted by Crippen LogP contribution is 2.20. The number of hydrogen-bond acceptors (Lipinski definition) is 4. The van der Waals surface area contributed by atoms with Crippen molar-refractivity contribution in [3.8, 4) is 5.82 Å². The summed E-state index contributed by atoms with van der Waals surface area (Å²) >= 11 is 0. The predicted molar refractivity (Wildman–Crippen MR) is 97.9 cm³/mol. The van der Waals surface area contributed by atoms with Crippen LogP contribution in [0.2, 0.25) is 0 Å². The number of carbonyl (C=O) groups excluding carboxylic acids is 1. The molecule has 0 bridgehead atoms. The van der Waals surface area contributed by atoms with E-state index in [0.29, 0.717) is 17.5 Å². The van der Waals surface area contributed by atoms with E-state index in [-0.39, 0.29) is 6.03 Å². The summed E-state index contributed by atoms with van der Waals surface area (Å²) in [6.07, 6.45) is 7.25. The topological polar surface area (TPSA) is 66.3 Å². The van der Waals surface area contributed by atoms with Crippen LogP contribution in [0.25, 0.3) is 5.82 Å². The van der Waals surface area contributed by atoms with E-state index in [4.69, 9.17) is 0 Å². The minimum atomic E-state index is -0.0700. The summed E-state index contributed by atoms with van der Waals surface area (Å²) in [5, 5.41) is 7.19. The van der Waals surface area contributed by atoms with E-state index in [1.807, 2.05) is 29.3 Å². The van der Waals surface area contributed by atoms with Crippen molar-refractivity contribution < 1.29 is 4.79 Å². The molecule has 2 amide bonds. The third-order valence-corrected chi connectivity index (χ3v) is 4.83. The van der Waals surface area contributed by atoms with E-state index in [2.05, 4.69) is 34.1 Å². The maximum atomic E-state index is 12.6. The molecule has 2 aromatic rings. The first-order chi connectivity index (χ1) is 12.2. The van der Waals surface area contributed by atoms with Gasteiger partial charge in [-0.15, -0.1) is 0 Å². The Hall–Kier alpha value is -2.41. The van der Waals surface area contributed by atoms with Crippen molar-refractivity contribution in [1.29, 1.82) is 0 Å². The molecule has 0 spiro atoms. The normalized spacial score (nSPS) is 15.6. The van der Waals surface area contributed by atoms with Gasteiger partial charge in [0.2, 0.25) is 0 Å². The third kappa shape index (κ3) is 3.99. The van der Waals surface area contributed by atoms with Crippen molar-refractivity contribution >= 4 is 11.7 Å². The molecule has 0 saturated carbocycles. The summed E-state index contributed by atoms with van der Waals surface area (Å²) in [5.74, 6) is 0.624. The number of aromatic nitrogens is 3. The molecule has 0 atom stereocenters. The smallest absolute Gasteiger partial charge is 0.321 e. The van der Waals surface area contributed by atoms with E-state index < -0.39 is 0 Å². The highest BCUT2D eigenvalue weighted by molar-refractivity contribution is 5.91. The van der Waals surface area contributed by atoms with E-state index in [1.165, 1.54) is 0 Å². The quantitative estimate of drug-likeness (QED) is 0.907. The maximum absolute atomic E-state index is 12.6. The zero-order valence-electron chi connectivity index (χ0n) is 14.9. The van der Waals surface area contributed by atoms with Gasteiger partial charge in [-0.25, -0.2) is 14.5 Å². The van der Waals surface area contributed by atoms with Gasteiger partial charge in [-0.05, 0) is 44.1 Å². The van der Waals surface area contributed by atoms with Crippen molar-refractivity contribution in [3.63, 3.8) is 0 Å². The number of hydrogen-bond donors (Lipinski definition) is 1. The van der Waals surface area contributed by atoms with Crippen LogP contribution in [-0.4, -0.2) is 62.8 Å². The van der Waals surface area contributed by atoms with Gasteiger partial charge in [-0.2, -0.15) is 5.10 Å². The number of carbonyl (C=O) groups is 1. The number of piperidine rings is 1. The molecule has 7 nitrogen and oxygen atoms in total. The molecule has 2 aromatic heterocycles. The second kappa shape index (κ2) is 8.11. The van der Waals surface area contributed by atoms with Gasteiger partial charge in [-0.1, -0.05) is 13.8 Å². The van der Waals surface area contributed by atoms with Crippen LogP contribution in [0.4, 0.5) is 10.5 Å². The zero-order chi connectivity index (χ0) is 17.6. The molecule has 1 aliphatic rings. The number of nitrogens with one attached hydrogen (secondary N) is 1. The number of rotatable bonds is 5. The SMILES string of the molecule is CCN(CC)C1CCN(C(=O)Nc2cccnc2-n2cccn2)CC1. The Kier molecular flexibility index (Phi) is 5.65. The van der Waals surface area contributed by atoms with Gasteiger partial charge in [0.05, 0.1) is 5.69 Å². The molecule has 134 valence electrons. The average molecular weight is 342 g/mol. The van der Waals surface area contributed by atoms with E-state index in [1.54, 1.807) is 17.1 Å². The van der Waals surface area contributed by atoms with Crippen LogP contribution in [-0.2, 0) is 0 Å². The Morgan fingerprint density at radius 3 is 2.64 bits per heavy atom. The molecule has 3 heterocycles. The molecule has 7 heteroatoms. The second-order valence-corrected chi connectivity index (χ2v) is 6.19. The third-order valence-electron chi connectivity index (χ3n) is 4.83. The van der Waals surface area contributed by atoms with Crippen LogP contribution in [0.15, 0.2) is 36.8 Å². The lowest BCUT2D eigenvalue weighted by molar-refractivity contribution is 0.130. The van der Waals surface area contributed by atoms with Gasteiger partial charge < -0.3 is 15.1 Å². The molecule has 0 aliphatic carbocycles. The standard InChI is InChI=1S/C18H26N6O/c1-3-22(4-2)15-8-13-23(14-9-15)18(25)21-16-7-5-10-19-17(16)24-12-6-11-20-24/h5-7,10-12,15H,3-4,8-9,13-14H2,1-2H3,(H,21,25). The van der Waals surface area contributed by atoms with Gasteiger partial charge in [-0.3, -0.25) is 0 Å². The fraction of sp³-hybridized carbons (Fsp3) is 0.500. The summed E-state index contributed by atoms with van der Waals surface area (Å²) in [5.41, 5.74) is 0.669. The molecule has 1 fully saturated rings. The van der Waals surface area contributed by atoms with E-state index in [9.17, 15) is 4.79 Å². The molecule has 0 aromatic carbocycles. The van der Waals surface area contributed by atoms with Crippen molar-refractivity contribution in [2.24, 2.45) is 0 Å². The zero-order valence-corrected chi connectivity index (χ0v) is 14.9. The fourth-order valence-electron chi connectivity index (χ4n) is 3.44. The summed E-state index contributed by atoms with van der Waals surface area (Å²) in [6, 6.07) is 6.01. The molecular formula is C18H26N6O. The average Bonchev–Trinajstić information content (AvgIpc) is 3.18. The largest absolute Gasteiger partial charge is 0.324 e. The Morgan fingerprint density at radius 1 is 1.24 bits per heavy atom. The number of likely N-dealkylation sites (tertiary alicyclic amines) is 1. The number of urea groups is 1. The number of nitrogens with zero attached hydrogens (tertiary/aromatic N) is 5. The highest BCUT2D eigenvalue weighted by Gasteiger charge is 2.26. The molecule has 0 radical (unpaired) electrons. The summed E-state index contributed by atoms with van der Waals surface area (Å²) in [4.78, 5) is 21.4. The number of pyridine rings is 1. The van der Waals surface area contributed by atoms with Crippen LogP contribution in [0, 0.1) is 0 Å². The van der Waals surface area contributed by atoms with Crippen molar-refractivity contribution in [3.05, 3.63) is 36.8 Å². The summed E-state index contributed by atoms with van der Waals surface area (Å²) < 4.78 is 1.65. The van der Waals surface area contributed by atoms with E-state index in [0.717, 1.165) is 39.0 Å². The molecule has 1 saturated heterocycles. The van der Waals surface area contributed by atoms with Crippen LogP contribution >= 0.6 is 0 Å². The molecular weight excluding hydrogens is 316 g/mol. The van der Waals surface area contributed by atoms with Gasteiger partial charge >= 0.3 is 6.03 Å². The lowest BCUT2D eigenvalue weighted by Crippen LogP contribution is -2.47. The van der Waals surface area contributed by atoms with Crippen molar-refractivity contribution in [2.75, 3.05) is 31.5 Å². The highest BCUT2D eigenvalue weighted by atomic mass is 16.2. The first kappa shape index (κ1) is 17.4. The fourth-order valence-corrected chi connectivity index (χ4v) is 3.44. The van der Waals surface area contributed by atoms with E-state index >= 15 is 0 Å². The van der Waals surface area contributed by atoms with Gasteiger partial charge in [0, 0.05) is 37.7 Å². The Morgan fingerprint density at radius 2 is 2.00 bits per heavy atom. The first-order valence-electron chi connectivity index (χ1n) is 8.98. The Bertz CT molecular complexity index is 675. The first-order valence-corrected chi connectivity index (χ1v) is 8.98. The summed E-state index contributed by atoms with van der Waals surface area (Å²) in [7, 11) is 0. The number of anilines is 1. The lowest BCUT2D eigenvalue weighted by atomic mass is 10.0. The van der Waals surface area contributed by atoms with Crippen molar-refractivity contribution in [1.82, 2.24) is 24.6 Å². The summed E-state index contributed by atoms with van der Waals surface area (Å²) in [6.45, 7) is 8.09. The maximum Gasteiger partial charge on any atom is 0.321 e. The number of amides is 2. The van der Waals surface area contributed by atoms with Gasteiger partial charge in [0.25, 0.3) is 0 Å². The van der Waals surface area contributed by atoms with Crippen LogP contribution in [0.5, 0.6) is 0 Å². The minimum Gasteiger partial charge on any atom is -0.324 e.